The summed E-state index contributed by atoms with van der Waals surface area (Å²) in [7, 11) is -9.95. The molecule has 0 amide bonds. The minimum atomic E-state index is -4.98. The number of rotatable bonds is 18. The van der Waals surface area contributed by atoms with Crippen molar-refractivity contribution >= 4 is 38.4 Å². The van der Waals surface area contributed by atoms with Crippen LogP contribution in [-0.4, -0.2) is 19.7 Å². The first-order chi connectivity index (χ1) is 23.2. The molecule has 0 unspecified atom stereocenters. The number of hydrogen-bond acceptors (Lipinski definition) is 15. The molecule has 0 N–H and O–H groups in total. The molecule has 0 aliphatic carbocycles. The summed E-state index contributed by atoms with van der Waals surface area (Å²) in [5.74, 6) is 0. The van der Waals surface area contributed by atoms with Crippen molar-refractivity contribution in [2.45, 2.75) is 26.4 Å². The van der Waals surface area contributed by atoms with E-state index in [-0.39, 0.29) is 45.0 Å². The minimum Gasteiger partial charge on any atom is -0.282 e. The number of nitro benzene ring substituents is 4. The normalized spacial score (nSPS) is 11.6. The highest BCUT2D eigenvalue weighted by Gasteiger charge is 2.41. The Bertz CT molecular complexity index is 1640. The van der Waals surface area contributed by atoms with Crippen molar-refractivity contribution in [2.24, 2.45) is 0 Å². The van der Waals surface area contributed by atoms with Crippen LogP contribution in [0.3, 0.4) is 0 Å². The molecule has 0 atom stereocenters. The smallest absolute Gasteiger partial charge is 0.282 e. The average Bonchev–Trinajstić information content (AvgIpc) is 3.09. The molecule has 0 aromatic heterocycles. The van der Waals surface area contributed by atoms with E-state index < -0.39 is 61.8 Å². The van der Waals surface area contributed by atoms with Crippen LogP contribution in [0.15, 0.2) is 97.1 Å². The molecule has 21 heteroatoms. The summed E-state index contributed by atoms with van der Waals surface area (Å²) in [6, 6.07) is 19.7. The second kappa shape index (κ2) is 16.2. The number of nitro groups is 4. The van der Waals surface area contributed by atoms with Gasteiger partial charge in [0.1, 0.15) is 0 Å². The molecule has 256 valence electrons. The maximum atomic E-state index is 14.0. The van der Waals surface area contributed by atoms with Gasteiger partial charge in [-0.05, 0) is 70.8 Å². The van der Waals surface area contributed by atoms with Crippen LogP contribution in [0.1, 0.15) is 22.3 Å². The van der Waals surface area contributed by atoms with Crippen molar-refractivity contribution in [1.82, 2.24) is 0 Å². The third kappa shape index (κ3) is 10.9. The first-order valence-corrected chi connectivity index (χ1v) is 16.6. The lowest BCUT2D eigenvalue weighted by Gasteiger charge is -2.23. The molecule has 0 fully saturated rings. The summed E-state index contributed by atoms with van der Waals surface area (Å²) in [5, 5.41) is 44.1. The van der Waals surface area contributed by atoms with Crippen molar-refractivity contribution < 1.29 is 51.2 Å². The highest BCUT2D eigenvalue weighted by atomic mass is 31.3. The van der Waals surface area contributed by atoms with Gasteiger partial charge in [-0.1, -0.05) is 0 Å². The maximum Gasteiger partial charge on any atom is 0.484 e. The van der Waals surface area contributed by atoms with Crippen molar-refractivity contribution in [2.75, 3.05) is 0 Å². The molecule has 0 aliphatic heterocycles. The first-order valence-electron chi connectivity index (χ1n) is 13.7. The highest BCUT2D eigenvalue weighted by Crippen LogP contribution is 2.67. The van der Waals surface area contributed by atoms with Crippen LogP contribution in [-0.2, 0) is 58.0 Å². The number of nitrogens with zero attached hydrogens (tertiary/aromatic N) is 4. The fourth-order valence-electron chi connectivity index (χ4n) is 3.76. The Balaban J connectivity index is 1.60. The van der Waals surface area contributed by atoms with Gasteiger partial charge < -0.3 is 0 Å². The molecule has 49 heavy (non-hydrogen) atoms. The Morgan fingerprint density at radius 1 is 0.388 bits per heavy atom. The van der Waals surface area contributed by atoms with Gasteiger partial charge in [0.05, 0.1) is 46.1 Å². The van der Waals surface area contributed by atoms with Gasteiger partial charge in [0.15, 0.2) is 0 Å². The van der Waals surface area contributed by atoms with Crippen molar-refractivity contribution in [3.8, 4) is 0 Å². The number of non-ortho nitro benzene ring substituents is 4. The molecule has 0 radical (unpaired) electrons. The van der Waals surface area contributed by atoms with E-state index in [0.29, 0.717) is 0 Å². The van der Waals surface area contributed by atoms with Gasteiger partial charge in [-0.2, -0.15) is 4.31 Å². The number of benzene rings is 4. The summed E-state index contributed by atoms with van der Waals surface area (Å²) in [6.45, 7) is -2.17. The molecule has 4 aromatic carbocycles. The minimum absolute atomic E-state index is 0.235. The van der Waals surface area contributed by atoms with Crippen LogP contribution in [0.5, 0.6) is 0 Å². The zero-order valence-electron chi connectivity index (χ0n) is 24.9. The molecule has 0 aliphatic rings. The summed E-state index contributed by atoms with van der Waals surface area (Å²) in [5.41, 5.74) is 0.123. The molecule has 19 nitrogen and oxygen atoms in total. The van der Waals surface area contributed by atoms with Gasteiger partial charge in [-0.3, -0.25) is 58.6 Å². The highest BCUT2D eigenvalue weighted by molar-refractivity contribution is 7.62. The fraction of sp³-hybridized carbons (Fsp3) is 0.143. The van der Waals surface area contributed by atoms with Gasteiger partial charge in [-0.25, -0.2) is 9.13 Å². The largest absolute Gasteiger partial charge is 0.484 e. The SMILES string of the molecule is O=[N+]([O-])c1ccc(COP(=O)(OCc2ccc([N+](=O)[O-])cc2)OP(=O)(OCc2ccc([N+](=O)[O-])cc2)OCc2ccc([N+](=O)[O-])cc2)cc1. The predicted octanol–water partition coefficient (Wildman–Crippen LogP) is 7.72. The summed E-state index contributed by atoms with van der Waals surface area (Å²) < 4.78 is 55.1. The second-order valence-electron chi connectivity index (χ2n) is 9.76. The lowest BCUT2D eigenvalue weighted by Crippen LogP contribution is -2.05. The first kappa shape index (κ1) is 36.6. The Hall–Kier alpha value is -5.26. The molecule has 0 spiro atoms. The van der Waals surface area contributed by atoms with Crippen LogP contribution in [0.4, 0.5) is 22.7 Å². The van der Waals surface area contributed by atoms with Crippen molar-refractivity contribution in [3.05, 3.63) is 160 Å². The van der Waals surface area contributed by atoms with Crippen LogP contribution in [0.25, 0.3) is 0 Å². The van der Waals surface area contributed by atoms with Crippen LogP contribution in [0.2, 0.25) is 0 Å². The van der Waals surface area contributed by atoms with Crippen molar-refractivity contribution in [3.63, 3.8) is 0 Å². The van der Waals surface area contributed by atoms with Crippen LogP contribution in [0, 0.1) is 40.5 Å². The van der Waals surface area contributed by atoms with Gasteiger partial charge in [0.25, 0.3) is 22.7 Å². The lowest BCUT2D eigenvalue weighted by molar-refractivity contribution is -0.385. The quantitative estimate of drug-likeness (QED) is 0.0542. The van der Waals surface area contributed by atoms with E-state index in [1.54, 1.807) is 0 Å². The molecule has 0 bridgehead atoms. The van der Waals surface area contributed by atoms with Gasteiger partial charge >= 0.3 is 15.6 Å². The molecule has 4 rings (SSSR count). The fourth-order valence-corrected chi connectivity index (χ4v) is 6.87. The Morgan fingerprint density at radius 2 is 0.571 bits per heavy atom. The molecule has 0 heterocycles. The van der Waals surface area contributed by atoms with Crippen LogP contribution < -0.4 is 0 Å². The predicted molar refractivity (Wildman–Crippen MR) is 168 cm³/mol. The number of hydrogen-bond donors (Lipinski definition) is 0. The maximum absolute atomic E-state index is 14.0. The standard InChI is InChI=1S/C28H24N4O15P2/c33-29(34)25-9-1-21(2-10-25)17-43-48(41,44-18-22-3-11-26(12-4-22)30(35)36)47-49(42,45-19-23-5-13-27(14-6-23)31(37)38)46-20-24-7-15-28(16-8-24)32(39)40/h1-16H,17-20H2. The van der Waals surface area contributed by atoms with Gasteiger partial charge in [0, 0.05) is 48.5 Å². The average molecular weight is 718 g/mol. The van der Waals surface area contributed by atoms with E-state index in [9.17, 15) is 49.6 Å². The molecular formula is C28H24N4O15P2. The van der Waals surface area contributed by atoms with E-state index in [4.69, 9.17) is 22.4 Å². The Kier molecular flexibility index (Phi) is 12.1. The molecule has 4 aromatic rings. The topological polar surface area (TPSA) is 253 Å². The van der Waals surface area contributed by atoms with E-state index >= 15 is 0 Å². The van der Waals surface area contributed by atoms with E-state index in [0.717, 1.165) is 48.5 Å². The van der Waals surface area contributed by atoms with Crippen molar-refractivity contribution in [1.29, 1.82) is 0 Å². The molecule has 0 saturated heterocycles. The molecular weight excluding hydrogens is 694 g/mol. The summed E-state index contributed by atoms with van der Waals surface area (Å²) in [6.07, 6.45) is 0. The Labute approximate surface area is 275 Å². The van der Waals surface area contributed by atoms with Crippen LogP contribution >= 0.6 is 15.6 Å². The number of phosphoric acid groups is 2. The summed E-state index contributed by atoms with van der Waals surface area (Å²) >= 11 is 0. The summed E-state index contributed by atoms with van der Waals surface area (Å²) in [4.78, 5) is 41.5. The van der Waals surface area contributed by atoms with E-state index in [1.165, 1.54) is 48.5 Å². The van der Waals surface area contributed by atoms with E-state index in [2.05, 4.69) is 0 Å². The van der Waals surface area contributed by atoms with Gasteiger partial charge in [0.2, 0.25) is 0 Å². The Morgan fingerprint density at radius 3 is 0.735 bits per heavy atom. The number of phosphoric ester groups is 2. The monoisotopic (exact) mass is 718 g/mol. The zero-order valence-corrected chi connectivity index (χ0v) is 26.7. The van der Waals surface area contributed by atoms with Gasteiger partial charge in [-0.15, -0.1) is 0 Å². The third-order valence-corrected chi connectivity index (χ3v) is 9.73. The third-order valence-electron chi connectivity index (χ3n) is 6.35. The van der Waals surface area contributed by atoms with E-state index in [1.807, 2.05) is 0 Å². The lowest BCUT2D eigenvalue weighted by atomic mass is 10.2. The zero-order chi connectivity index (χ0) is 35.6. The molecule has 0 saturated carbocycles. The second-order valence-corrected chi connectivity index (χ2v) is 13.2.